The van der Waals surface area contributed by atoms with Crippen LogP contribution in [-0.2, 0) is 15.4 Å². The summed E-state index contributed by atoms with van der Waals surface area (Å²) >= 11 is 0. The van der Waals surface area contributed by atoms with Gasteiger partial charge in [-0.25, -0.2) is 13.4 Å². The first kappa shape index (κ1) is 21.8. The average molecular weight is 454 g/mol. The Kier molecular flexibility index (Phi) is 4.97. The van der Waals surface area contributed by atoms with Gasteiger partial charge < -0.3 is 15.4 Å². The Hall–Kier alpha value is -3.45. The molecule has 1 fully saturated rings. The summed E-state index contributed by atoms with van der Waals surface area (Å²) in [6.45, 7) is 5.05. The molecule has 0 radical (unpaired) electrons. The third kappa shape index (κ3) is 3.39. The fourth-order valence-electron chi connectivity index (χ4n) is 4.01. The Bertz CT molecular complexity index is 1300. The van der Waals surface area contributed by atoms with Crippen LogP contribution in [0.4, 0.5) is 5.69 Å². The quantitative estimate of drug-likeness (QED) is 0.632. The van der Waals surface area contributed by atoms with Crippen molar-refractivity contribution in [3.8, 4) is 11.8 Å². The van der Waals surface area contributed by atoms with Crippen molar-refractivity contribution in [2.45, 2.75) is 37.5 Å². The second-order valence-electron chi connectivity index (χ2n) is 8.62. The molecule has 32 heavy (non-hydrogen) atoms. The first-order valence-corrected chi connectivity index (χ1v) is 11.7. The van der Waals surface area contributed by atoms with E-state index in [0.29, 0.717) is 41.2 Å². The van der Waals surface area contributed by atoms with Crippen molar-refractivity contribution in [2.24, 2.45) is 0 Å². The first-order chi connectivity index (χ1) is 15.0. The lowest BCUT2D eigenvalue weighted by Gasteiger charge is -2.47. The molecule has 2 aliphatic rings. The minimum Gasteiger partial charge on any atom is -0.493 e. The van der Waals surface area contributed by atoms with Gasteiger partial charge in [-0.3, -0.25) is 10.2 Å². The summed E-state index contributed by atoms with van der Waals surface area (Å²) < 4.78 is 30.5. The van der Waals surface area contributed by atoms with Crippen LogP contribution >= 0.6 is 0 Å². The molecule has 1 atom stereocenters. The fraction of sp³-hybridized carbons (Fsp3) is 0.364. The number of fused-ring (bicyclic) bond motifs is 2. The van der Waals surface area contributed by atoms with Crippen molar-refractivity contribution < 1.29 is 17.9 Å². The monoisotopic (exact) mass is 453 g/mol. The van der Waals surface area contributed by atoms with Crippen LogP contribution in [-0.4, -0.2) is 42.3 Å². The number of nitrogens with one attached hydrogen (secondary N) is 3. The topological polar surface area (TPSA) is 145 Å². The molecule has 3 N–H and O–H groups in total. The number of amidine groups is 1. The predicted octanol–water partition coefficient (Wildman–Crippen LogP) is 2.27. The molecule has 1 amide bonds. The highest BCUT2D eigenvalue weighted by atomic mass is 32.2. The molecule has 2 aliphatic heterocycles. The van der Waals surface area contributed by atoms with Crippen LogP contribution in [0, 0.1) is 23.7 Å². The number of anilines is 1. The van der Waals surface area contributed by atoms with E-state index in [9.17, 15) is 13.2 Å². The Balaban J connectivity index is 1.69. The van der Waals surface area contributed by atoms with Crippen LogP contribution in [0.2, 0.25) is 0 Å². The van der Waals surface area contributed by atoms with Crippen LogP contribution in [0.5, 0.6) is 5.75 Å². The van der Waals surface area contributed by atoms with Crippen molar-refractivity contribution in [3.05, 3.63) is 52.8 Å². The van der Waals surface area contributed by atoms with E-state index in [-0.39, 0.29) is 17.3 Å². The number of hydrogen-bond acceptors (Lipinski definition) is 7. The third-order valence-corrected chi connectivity index (χ3v) is 8.77. The maximum absolute atomic E-state index is 13.0. The highest BCUT2D eigenvalue weighted by molar-refractivity contribution is 7.93. The second-order valence-corrected chi connectivity index (χ2v) is 11.2. The van der Waals surface area contributed by atoms with E-state index in [1.807, 2.05) is 6.07 Å². The number of amides is 1. The number of sulfone groups is 1. The van der Waals surface area contributed by atoms with Gasteiger partial charge in [-0.1, -0.05) is 0 Å². The molecule has 0 unspecified atom stereocenters. The average Bonchev–Trinajstić information content (AvgIpc) is 2.72. The van der Waals surface area contributed by atoms with E-state index in [1.165, 1.54) is 20.0 Å². The second kappa shape index (κ2) is 7.31. The molecule has 1 saturated heterocycles. The SMILES string of the molecule is Cc1cc(C#N)cnc1C(=O)Nc1ccc2c(c1)[C@]1(CCO2)CS(=O)(=O)C(C)(C)C(=N)N1. The van der Waals surface area contributed by atoms with Gasteiger partial charge >= 0.3 is 0 Å². The Morgan fingerprint density at radius 1 is 1.34 bits per heavy atom. The summed E-state index contributed by atoms with van der Waals surface area (Å²) in [7, 11) is -3.62. The number of nitrogens with zero attached hydrogens (tertiary/aromatic N) is 2. The molecule has 0 aliphatic carbocycles. The van der Waals surface area contributed by atoms with Gasteiger partial charge in [-0.05, 0) is 50.6 Å². The van der Waals surface area contributed by atoms with E-state index in [0.717, 1.165) is 0 Å². The molecule has 2 aromatic rings. The minimum absolute atomic E-state index is 0.0663. The number of benzene rings is 1. The zero-order chi connectivity index (χ0) is 23.3. The third-order valence-electron chi connectivity index (χ3n) is 6.14. The summed E-state index contributed by atoms with van der Waals surface area (Å²) in [5.74, 6) is -0.184. The molecule has 0 bridgehead atoms. The zero-order valence-corrected chi connectivity index (χ0v) is 18.8. The number of carbonyl (C=O) groups is 1. The van der Waals surface area contributed by atoms with Gasteiger partial charge in [0.25, 0.3) is 5.91 Å². The van der Waals surface area contributed by atoms with E-state index in [4.69, 9.17) is 15.4 Å². The summed E-state index contributed by atoms with van der Waals surface area (Å²) in [5, 5.41) is 23.3. The maximum atomic E-state index is 13.0. The van der Waals surface area contributed by atoms with Crippen LogP contribution < -0.4 is 15.4 Å². The molecule has 3 heterocycles. The van der Waals surface area contributed by atoms with Crippen molar-refractivity contribution in [3.63, 3.8) is 0 Å². The van der Waals surface area contributed by atoms with Gasteiger partial charge in [0.1, 0.15) is 28.1 Å². The van der Waals surface area contributed by atoms with Crippen LogP contribution in [0.25, 0.3) is 0 Å². The highest BCUT2D eigenvalue weighted by Crippen LogP contribution is 2.43. The molecule has 166 valence electrons. The lowest BCUT2D eigenvalue weighted by Crippen LogP contribution is -2.65. The first-order valence-electron chi connectivity index (χ1n) is 10.0. The zero-order valence-electron chi connectivity index (χ0n) is 17.9. The molecule has 9 nitrogen and oxygen atoms in total. The lowest BCUT2D eigenvalue weighted by molar-refractivity contribution is 0.102. The van der Waals surface area contributed by atoms with Crippen LogP contribution in [0.15, 0.2) is 30.5 Å². The summed E-state index contributed by atoms with van der Waals surface area (Å²) in [5.41, 5.74) is 1.13. The lowest BCUT2D eigenvalue weighted by atomic mass is 9.84. The molecular weight excluding hydrogens is 430 g/mol. The number of hydrogen-bond donors (Lipinski definition) is 3. The van der Waals surface area contributed by atoms with Crippen LogP contribution in [0.1, 0.15) is 47.4 Å². The van der Waals surface area contributed by atoms with Crippen molar-refractivity contribution in [1.82, 2.24) is 10.3 Å². The van der Waals surface area contributed by atoms with Crippen molar-refractivity contribution in [2.75, 3.05) is 17.7 Å². The van der Waals surface area contributed by atoms with Gasteiger partial charge in [0.2, 0.25) is 0 Å². The predicted molar refractivity (Wildman–Crippen MR) is 119 cm³/mol. The Morgan fingerprint density at radius 3 is 2.75 bits per heavy atom. The molecule has 4 rings (SSSR count). The standard InChI is InChI=1S/C22H23N5O4S/c1-13-8-14(10-23)11-25-18(13)19(28)26-15-4-5-17-16(9-15)22(6-7-31-17)12-32(29,30)21(2,3)20(24)27-22/h4-5,8-9,11H,6-7,12H2,1-3H3,(H2,24,27)(H,26,28)/t22-/m0/s1. The van der Waals surface area contributed by atoms with Gasteiger partial charge in [0.05, 0.1) is 23.5 Å². The van der Waals surface area contributed by atoms with Gasteiger partial charge in [-0.15, -0.1) is 0 Å². The van der Waals surface area contributed by atoms with E-state index in [1.54, 1.807) is 31.2 Å². The molecule has 1 aromatic carbocycles. The Labute approximate surface area is 186 Å². The number of nitriles is 1. The fourth-order valence-corrected chi connectivity index (χ4v) is 5.75. The van der Waals surface area contributed by atoms with Crippen LogP contribution in [0.3, 0.4) is 0 Å². The maximum Gasteiger partial charge on any atom is 0.274 e. The van der Waals surface area contributed by atoms with Gasteiger partial charge in [-0.2, -0.15) is 5.26 Å². The van der Waals surface area contributed by atoms with E-state index >= 15 is 0 Å². The molecule has 1 aromatic heterocycles. The van der Waals surface area contributed by atoms with Gasteiger partial charge in [0, 0.05) is 23.9 Å². The molecule has 10 heteroatoms. The summed E-state index contributed by atoms with van der Waals surface area (Å²) in [4.78, 5) is 16.9. The number of pyridine rings is 1. The highest BCUT2D eigenvalue weighted by Gasteiger charge is 2.54. The smallest absolute Gasteiger partial charge is 0.274 e. The number of aryl methyl sites for hydroxylation is 1. The number of rotatable bonds is 2. The van der Waals surface area contributed by atoms with E-state index < -0.39 is 26.0 Å². The number of aromatic nitrogens is 1. The normalized spacial score (nSPS) is 22.8. The largest absolute Gasteiger partial charge is 0.493 e. The number of carbonyl (C=O) groups excluding carboxylic acids is 1. The molecule has 1 spiro atoms. The summed E-state index contributed by atoms with van der Waals surface area (Å²) in [6.07, 6.45) is 1.70. The molecule has 0 saturated carbocycles. The summed E-state index contributed by atoms with van der Waals surface area (Å²) in [6, 6.07) is 8.60. The minimum atomic E-state index is -3.62. The van der Waals surface area contributed by atoms with Crippen molar-refractivity contribution >= 4 is 27.3 Å². The van der Waals surface area contributed by atoms with Crippen molar-refractivity contribution in [1.29, 1.82) is 10.7 Å². The Morgan fingerprint density at radius 2 is 2.09 bits per heavy atom. The molecular formula is C22H23N5O4S. The number of ether oxygens (including phenoxy) is 1. The van der Waals surface area contributed by atoms with Gasteiger partial charge in [0.15, 0.2) is 9.84 Å². The van der Waals surface area contributed by atoms with E-state index in [2.05, 4.69) is 15.6 Å².